The Balaban J connectivity index is 1.48. The van der Waals surface area contributed by atoms with Crippen molar-refractivity contribution in [1.29, 1.82) is 0 Å². The number of carbonyl (C=O) groups excluding carboxylic acids is 1. The quantitative estimate of drug-likeness (QED) is 0.310. The van der Waals surface area contributed by atoms with Gasteiger partial charge in [-0.1, -0.05) is 65.8 Å². The average molecular weight is 474 g/mol. The van der Waals surface area contributed by atoms with Crippen LogP contribution in [0.3, 0.4) is 0 Å². The Hall–Kier alpha value is -3.35. The fourth-order valence-electron chi connectivity index (χ4n) is 3.70. The molecule has 5 nitrogen and oxygen atoms in total. The van der Waals surface area contributed by atoms with Crippen LogP contribution in [0.5, 0.6) is 0 Å². The minimum absolute atomic E-state index is 0.0259. The second-order valence-corrected chi connectivity index (χ2v) is 9.04. The summed E-state index contributed by atoms with van der Waals surface area (Å²) in [6.07, 6.45) is 4.46. The highest BCUT2D eigenvalue weighted by atomic mass is 35.5. The van der Waals surface area contributed by atoms with Gasteiger partial charge in [-0.15, -0.1) is 0 Å². The van der Waals surface area contributed by atoms with Crippen LogP contribution >= 0.6 is 23.4 Å². The van der Waals surface area contributed by atoms with Crippen molar-refractivity contribution in [1.82, 2.24) is 10.1 Å². The van der Waals surface area contributed by atoms with E-state index in [9.17, 15) is 4.79 Å². The van der Waals surface area contributed by atoms with Crippen LogP contribution in [0.1, 0.15) is 35.2 Å². The van der Waals surface area contributed by atoms with Gasteiger partial charge in [-0.25, -0.2) is 0 Å². The molecule has 0 N–H and O–H groups in total. The second kappa shape index (κ2) is 9.25. The lowest BCUT2D eigenvalue weighted by molar-refractivity contribution is 0.0984. The molecular weight excluding hydrogens is 454 g/mol. The van der Waals surface area contributed by atoms with E-state index in [0.29, 0.717) is 23.3 Å². The van der Waals surface area contributed by atoms with Crippen LogP contribution in [0.4, 0.5) is 5.69 Å². The van der Waals surface area contributed by atoms with Gasteiger partial charge in [0, 0.05) is 33.0 Å². The summed E-state index contributed by atoms with van der Waals surface area (Å²) in [5.74, 6) is 0.904. The van der Waals surface area contributed by atoms with Gasteiger partial charge >= 0.3 is 0 Å². The van der Waals surface area contributed by atoms with E-state index < -0.39 is 0 Å². The lowest BCUT2D eigenvalue weighted by Gasteiger charge is -2.22. The predicted octanol–water partition coefficient (Wildman–Crippen LogP) is 7.08. The number of rotatable bonds is 5. The number of hydrogen-bond donors (Lipinski definition) is 0. The molecule has 0 saturated heterocycles. The molecular formula is C26H20ClN3O2S. The van der Waals surface area contributed by atoms with Crippen molar-refractivity contribution in [3.05, 3.63) is 88.8 Å². The first-order valence-corrected chi connectivity index (χ1v) is 11.8. The Bertz CT molecular complexity index is 1370. The van der Waals surface area contributed by atoms with Crippen molar-refractivity contribution in [2.24, 2.45) is 0 Å². The molecule has 0 saturated carbocycles. The van der Waals surface area contributed by atoms with Gasteiger partial charge in [0.15, 0.2) is 0 Å². The SMILES string of the molecule is CCCN1C(=O)c2ccccc2Sc2cc(-c3noc(C=Cc4ccccc4Cl)n3)ccc21. The van der Waals surface area contributed by atoms with E-state index in [1.807, 2.05) is 77.7 Å². The van der Waals surface area contributed by atoms with Gasteiger partial charge < -0.3 is 9.42 Å². The Morgan fingerprint density at radius 1 is 1.03 bits per heavy atom. The zero-order valence-corrected chi connectivity index (χ0v) is 19.4. The van der Waals surface area contributed by atoms with Gasteiger partial charge in [-0.05, 0) is 54.5 Å². The van der Waals surface area contributed by atoms with Gasteiger partial charge in [-0.2, -0.15) is 4.98 Å². The number of benzene rings is 3. The molecule has 0 unspecified atom stereocenters. The van der Waals surface area contributed by atoms with E-state index in [0.717, 1.165) is 38.6 Å². The summed E-state index contributed by atoms with van der Waals surface area (Å²) in [6, 6.07) is 21.2. The fraction of sp³-hybridized carbons (Fsp3) is 0.115. The number of fused-ring (bicyclic) bond motifs is 2. The summed E-state index contributed by atoms with van der Waals surface area (Å²) in [7, 11) is 0. The first-order valence-electron chi connectivity index (χ1n) is 10.6. The van der Waals surface area contributed by atoms with Gasteiger partial charge in [0.1, 0.15) is 0 Å². The first-order chi connectivity index (χ1) is 16.1. The molecule has 7 heteroatoms. The number of aromatic nitrogens is 2. The van der Waals surface area contributed by atoms with Crippen LogP contribution < -0.4 is 4.90 Å². The molecule has 4 aromatic rings. The molecule has 0 atom stereocenters. The molecule has 164 valence electrons. The third-order valence-electron chi connectivity index (χ3n) is 5.29. The molecule has 0 bridgehead atoms. The van der Waals surface area contributed by atoms with E-state index in [1.165, 1.54) is 0 Å². The highest BCUT2D eigenvalue weighted by Crippen LogP contribution is 2.42. The Morgan fingerprint density at radius 2 is 1.85 bits per heavy atom. The fourth-order valence-corrected chi connectivity index (χ4v) is 5.02. The van der Waals surface area contributed by atoms with Crippen molar-refractivity contribution in [2.75, 3.05) is 11.4 Å². The van der Waals surface area contributed by atoms with E-state index in [-0.39, 0.29) is 5.91 Å². The van der Waals surface area contributed by atoms with Crippen LogP contribution in [-0.2, 0) is 0 Å². The smallest absolute Gasteiger partial charge is 0.259 e. The highest BCUT2D eigenvalue weighted by molar-refractivity contribution is 7.99. The topological polar surface area (TPSA) is 59.2 Å². The van der Waals surface area contributed by atoms with Crippen molar-refractivity contribution in [3.8, 4) is 11.4 Å². The lowest BCUT2D eigenvalue weighted by atomic mass is 10.1. The standard InChI is InChI=1S/C26H20ClN3O2S/c1-2-15-30-21-13-11-18(16-23(21)33-22-10-6-4-8-19(22)26(30)31)25-28-24(32-29-25)14-12-17-7-3-5-9-20(17)27/h3-14,16H,2,15H2,1H3. The summed E-state index contributed by atoms with van der Waals surface area (Å²) in [4.78, 5) is 21.5. The van der Waals surface area contributed by atoms with Crippen molar-refractivity contribution < 1.29 is 9.32 Å². The largest absolute Gasteiger partial charge is 0.334 e. The van der Waals surface area contributed by atoms with E-state index in [1.54, 1.807) is 17.8 Å². The number of hydrogen-bond acceptors (Lipinski definition) is 5. The minimum atomic E-state index is 0.0259. The molecule has 0 fully saturated rings. The normalized spacial score (nSPS) is 13.2. The monoisotopic (exact) mass is 473 g/mol. The molecule has 1 aliphatic heterocycles. The zero-order chi connectivity index (χ0) is 22.8. The molecule has 3 aromatic carbocycles. The van der Waals surface area contributed by atoms with Crippen molar-refractivity contribution in [3.63, 3.8) is 0 Å². The number of amides is 1. The van der Waals surface area contributed by atoms with Crippen molar-refractivity contribution >= 4 is 47.1 Å². The molecule has 1 aromatic heterocycles. The van der Waals surface area contributed by atoms with Crippen LogP contribution in [0.15, 0.2) is 81.0 Å². The summed E-state index contributed by atoms with van der Waals surface area (Å²) < 4.78 is 5.42. The van der Waals surface area contributed by atoms with E-state index in [4.69, 9.17) is 16.1 Å². The van der Waals surface area contributed by atoms with Crippen LogP contribution in [-0.4, -0.2) is 22.6 Å². The maximum atomic E-state index is 13.2. The van der Waals surface area contributed by atoms with Crippen LogP contribution in [0, 0.1) is 0 Å². The maximum absolute atomic E-state index is 13.2. The zero-order valence-electron chi connectivity index (χ0n) is 17.9. The number of carbonyl (C=O) groups is 1. The summed E-state index contributed by atoms with van der Waals surface area (Å²) in [6.45, 7) is 2.72. The molecule has 33 heavy (non-hydrogen) atoms. The number of halogens is 1. The molecule has 5 rings (SSSR count). The van der Waals surface area contributed by atoms with E-state index in [2.05, 4.69) is 17.1 Å². The summed E-state index contributed by atoms with van der Waals surface area (Å²) >= 11 is 7.79. The molecule has 1 aliphatic rings. The Kier molecular flexibility index (Phi) is 6.03. The third-order valence-corrected chi connectivity index (χ3v) is 6.76. The summed E-state index contributed by atoms with van der Waals surface area (Å²) in [5.41, 5.74) is 3.32. The second-order valence-electron chi connectivity index (χ2n) is 7.55. The van der Waals surface area contributed by atoms with Crippen LogP contribution in [0.2, 0.25) is 5.02 Å². The lowest BCUT2D eigenvalue weighted by Crippen LogP contribution is -2.31. The van der Waals surface area contributed by atoms with Gasteiger partial charge in [0.2, 0.25) is 5.82 Å². The molecule has 0 spiro atoms. The molecule has 0 radical (unpaired) electrons. The average Bonchev–Trinajstić information content (AvgIpc) is 3.27. The Labute approximate surface area is 201 Å². The van der Waals surface area contributed by atoms with Gasteiger partial charge in [-0.3, -0.25) is 4.79 Å². The number of anilines is 1. The molecule has 1 amide bonds. The predicted molar refractivity (Wildman–Crippen MR) is 133 cm³/mol. The number of nitrogens with zero attached hydrogens (tertiary/aromatic N) is 3. The van der Waals surface area contributed by atoms with Crippen molar-refractivity contribution in [2.45, 2.75) is 23.1 Å². The van der Waals surface area contributed by atoms with Gasteiger partial charge in [0.25, 0.3) is 11.8 Å². The maximum Gasteiger partial charge on any atom is 0.259 e. The molecule has 2 heterocycles. The van der Waals surface area contributed by atoms with Gasteiger partial charge in [0.05, 0.1) is 11.3 Å². The Morgan fingerprint density at radius 3 is 2.70 bits per heavy atom. The third kappa shape index (κ3) is 4.32. The minimum Gasteiger partial charge on any atom is -0.334 e. The summed E-state index contributed by atoms with van der Waals surface area (Å²) in [5, 5.41) is 4.80. The molecule has 0 aliphatic carbocycles. The highest BCUT2D eigenvalue weighted by Gasteiger charge is 2.27. The van der Waals surface area contributed by atoms with E-state index >= 15 is 0 Å². The van der Waals surface area contributed by atoms with Crippen LogP contribution in [0.25, 0.3) is 23.5 Å². The first kappa shape index (κ1) is 21.5.